The zero-order chi connectivity index (χ0) is 14.8. The number of halogens is 1. The van der Waals surface area contributed by atoms with Crippen LogP contribution in [0.4, 0.5) is 4.39 Å². The number of hydrogen-bond donors (Lipinski definition) is 1. The van der Waals surface area contributed by atoms with Crippen molar-refractivity contribution in [2.75, 3.05) is 7.05 Å². The second kappa shape index (κ2) is 5.60. The largest absolute Gasteiger partial charge is 0.508 e. The molecule has 0 aliphatic heterocycles. The van der Waals surface area contributed by atoms with Crippen LogP contribution in [-0.4, -0.2) is 24.9 Å². The maximum Gasteiger partial charge on any atom is 0.243 e. The lowest BCUT2D eigenvalue weighted by atomic mass is 10.2. The van der Waals surface area contributed by atoms with Crippen LogP contribution in [0.1, 0.15) is 5.56 Å². The van der Waals surface area contributed by atoms with Crippen molar-refractivity contribution in [3.63, 3.8) is 0 Å². The lowest BCUT2D eigenvalue weighted by Crippen LogP contribution is -2.26. The monoisotopic (exact) mass is 295 g/mol. The van der Waals surface area contributed by atoms with Gasteiger partial charge in [0.25, 0.3) is 0 Å². The van der Waals surface area contributed by atoms with Gasteiger partial charge in [0.15, 0.2) is 0 Å². The van der Waals surface area contributed by atoms with E-state index in [1.165, 1.54) is 37.4 Å². The average Bonchev–Trinajstić information content (AvgIpc) is 2.41. The number of phenolic OH excluding ortho intramolecular Hbond substituents is 1. The summed E-state index contributed by atoms with van der Waals surface area (Å²) >= 11 is 0. The number of aromatic hydroxyl groups is 1. The van der Waals surface area contributed by atoms with Crippen LogP contribution in [0.25, 0.3) is 0 Å². The molecule has 0 aromatic heterocycles. The SMILES string of the molecule is CN(Cc1ccc(O)cc1)S(=O)(=O)c1cccc(F)c1. The fourth-order valence-corrected chi connectivity index (χ4v) is 2.94. The fraction of sp³-hybridized carbons (Fsp3) is 0.143. The summed E-state index contributed by atoms with van der Waals surface area (Å²) in [4.78, 5) is -0.0845. The zero-order valence-corrected chi connectivity index (χ0v) is 11.6. The Morgan fingerprint density at radius 1 is 1.15 bits per heavy atom. The summed E-state index contributed by atoms with van der Waals surface area (Å²) < 4.78 is 38.8. The van der Waals surface area contributed by atoms with E-state index in [-0.39, 0.29) is 17.2 Å². The van der Waals surface area contributed by atoms with Crippen LogP contribution in [-0.2, 0) is 16.6 Å². The normalized spacial score (nSPS) is 11.8. The van der Waals surface area contributed by atoms with Gasteiger partial charge in [-0.05, 0) is 35.9 Å². The average molecular weight is 295 g/mol. The van der Waals surface area contributed by atoms with Crippen molar-refractivity contribution in [3.8, 4) is 5.75 Å². The van der Waals surface area contributed by atoms with E-state index < -0.39 is 15.8 Å². The quantitative estimate of drug-likeness (QED) is 0.942. The van der Waals surface area contributed by atoms with Crippen molar-refractivity contribution in [1.29, 1.82) is 0 Å². The van der Waals surface area contributed by atoms with Crippen molar-refractivity contribution in [2.45, 2.75) is 11.4 Å². The number of benzene rings is 2. The van der Waals surface area contributed by atoms with Gasteiger partial charge in [-0.1, -0.05) is 18.2 Å². The Morgan fingerprint density at radius 3 is 2.40 bits per heavy atom. The van der Waals surface area contributed by atoms with Crippen molar-refractivity contribution < 1.29 is 17.9 Å². The van der Waals surface area contributed by atoms with E-state index in [0.29, 0.717) is 0 Å². The van der Waals surface area contributed by atoms with Gasteiger partial charge < -0.3 is 5.11 Å². The molecule has 2 rings (SSSR count). The third-order valence-corrected chi connectivity index (χ3v) is 4.65. The Labute approximate surface area is 117 Å². The molecule has 0 heterocycles. The predicted octanol–water partition coefficient (Wildman–Crippen LogP) is 2.35. The minimum absolute atomic E-state index is 0.0845. The van der Waals surface area contributed by atoms with Gasteiger partial charge >= 0.3 is 0 Å². The third-order valence-electron chi connectivity index (χ3n) is 2.85. The van der Waals surface area contributed by atoms with Crippen LogP contribution in [0.15, 0.2) is 53.4 Å². The summed E-state index contributed by atoms with van der Waals surface area (Å²) in [7, 11) is -2.32. The van der Waals surface area contributed by atoms with Gasteiger partial charge in [-0.15, -0.1) is 0 Å². The molecule has 0 aliphatic carbocycles. The van der Waals surface area contributed by atoms with Crippen LogP contribution in [0, 0.1) is 5.82 Å². The van der Waals surface area contributed by atoms with E-state index in [0.717, 1.165) is 15.9 Å². The molecular formula is C14H14FNO3S. The number of rotatable bonds is 4. The number of sulfonamides is 1. The first kappa shape index (κ1) is 14.5. The van der Waals surface area contributed by atoms with Gasteiger partial charge in [0.2, 0.25) is 10.0 Å². The standard InChI is InChI=1S/C14H14FNO3S/c1-16(10-11-5-7-13(17)8-6-11)20(18,19)14-4-2-3-12(15)9-14/h2-9,17H,10H2,1H3. The Bertz CT molecular complexity index is 699. The molecule has 0 aliphatic rings. The van der Waals surface area contributed by atoms with E-state index in [2.05, 4.69) is 0 Å². The molecule has 1 N–H and O–H groups in total. The molecule has 0 bridgehead atoms. The molecule has 6 heteroatoms. The van der Waals surface area contributed by atoms with Gasteiger partial charge in [-0.2, -0.15) is 4.31 Å². The fourth-order valence-electron chi connectivity index (χ4n) is 1.75. The predicted molar refractivity (Wildman–Crippen MR) is 73.2 cm³/mol. The molecule has 106 valence electrons. The smallest absolute Gasteiger partial charge is 0.243 e. The first-order valence-electron chi connectivity index (χ1n) is 5.89. The minimum atomic E-state index is -3.74. The maximum atomic E-state index is 13.1. The van der Waals surface area contributed by atoms with Gasteiger partial charge in [-0.3, -0.25) is 0 Å². The first-order chi connectivity index (χ1) is 9.39. The van der Waals surface area contributed by atoms with E-state index in [9.17, 15) is 17.9 Å². The summed E-state index contributed by atoms with van der Waals surface area (Å²) in [5, 5.41) is 9.19. The molecule has 0 radical (unpaired) electrons. The molecule has 0 saturated heterocycles. The summed E-state index contributed by atoms with van der Waals surface area (Å²) in [5.41, 5.74) is 0.727. The minimum Gasteiger partial charge on any atom is -0.508 e. The Balaban J connectivity index is 2.23. The van der Waals surface area contributed by atoms with Gasteiger partial charge in [-0.25, -0.2) is 12.8 Å². The highest BCUT2D eigenvalue weighted by atomic mass is 32.2. The van der Waals surface area contributed by atoms with E-state index >= 15 is 0 Å². The van der Waals surface area contributed by atoms with Gasteiger partial charge in [0, 0.05) is 13.6 Å². The summed E-state index contributed by atoms with van der Waals surface area (Å²) in [5.74, 6) is -0.478. The summed E-state index contributed by atoms with van der Waals surface area (Å²) in [6, 6.07) is 11.1. The molecular weight excluding hydrogens is 281 g/mol. The van der Waals surface area contributed by atoms with E-state index in [1.54, 1.807) is 12.1 Å². The molecule has 2 aromatic carbocycles. The summed E-state index contributed by atoms with van der Waals surface area (Å²) in [6.45, 7) is 0.138. The second-order valence-electron chi connectivity index (χ2n) is 4.38. The summed E-state index contributed by atoms with van der Waals surface area (Å²) in [6.07, 6.45) is 0. The van der Waals surface area contributed by atoms with Crippen molar-refractivity contribution in [2.24, 2.45) is 0 Å². The first-order valence-corrected chi connectivity index (χ1v) is 7.33. The van der Waals surface area contributed by atoms with Gasteiger partial charge in [0.05, 0.1) is 4.90 Å². The van der Waals surface area contributed by atoms with Crippen LogP contribution in [0.2, 0.25) is 0 Å². The Morgan fingerprint density at radius 2 is 1.80 bits per heavy atom. The molecule has 0 fully saturated rings. The molecule has 20 heavy (non-hydrogen) atoms. The molecule has 0 atom stereocenters. The van der Waals surface area contributed by atoms with Crippen LogP contribution in [0.3, 0.4) is 0 Å². The van der Waals surface area contributed by atoms with Crippen LogP contribution >= 0.6 is 0 Å². The van der Waals surface area contributed by atoms with Crippen LogP contribution in [0.5, 0.6) is 5.75 Å². The lowest BCUT2D eigenvalue weighted by molar-refractivity contribution is 0.463. The molecule has 0 amide bonds. The molecule has 0 spiro atoms. The zero-order valence-electron chi connectivity index (χ0n) is 10.8. The van der Waals surface area contributed by atoms with Crippen molar-refractivity contribution in [3.05, 3.63) is 59.9 Å². The number of nitrogens with zero attached hydrogens (tertiary/aromatic N) is 1. The second-order valence-corrected chi connectivity index (χ2v) is 6.43. The number of phenols is 1. The molecule has 2 aromatic rings. The van der Waals surface area contributed by atoms with Crippen molar-refractivity contribution >= 4 is 10.0 Å². The van der Waals surface area contributed by atoms with E-state index in [4.69, 9.17) is 0 Å². The third kappa shape index (κ3) is 3.15. The Hall–Kier alpha value is -1.92. The molecule has 0 saturated carbocycles. The topological polar surface area (TPSA) is 57.6 Å². The highest BCUT2D eigenvalue weighted by Gasteiger charge is 2.21. The lowest BCUT2D eigenvalue weighted by Gasteiger charge is -2.17. The van der Waals surface area contributed by atoms with Crippen molar-refractivity contribution in [1.82, 2.24) is 4.31 Å². The molecule has 4 nitrogen and oxygen atoms in total. The highest BCUT2D eigenvalue weighted by Crippen LogP contribution is 2.18. The van der Waals surface area contributed by atoms with Crippen LogP contribution < -0.4 is 0 Å². The highest BCUT2D eigenvalue weighted by molar-refractivity contribution is 7.89. The van der Waals surface area contributed by atoms with Gasteiger partial charge in [0.1, 0.15) is 11.6 Å². The maximum absolute atomic E-state index is 13.1. The molecule has 0 unspecified atom stereocenters. The Kier molecular flexibility index (Phi) is 4.06. The number of hydrogen-bond acceptors (Lipinski definition) is 3. The van der Waals surface area contributed by atoms with E-state index in [1.807, 2.05) is 0 Å².